The summed E-state index contributed by atoms with van der Waals surface area (Å²) in [6, 6.07) is 6.90. The molecule has 0 saturated carbocycles. The Labute approximate surface area is 111 Å². The van der Waals surface area contributed by atoms with Crippen molar-refractivity contribution in [3.8, 4) is 0 Å². The van der Waals surface area contributed by atoms with E-state index in [1.54, 1.807) is 24.3 Å². The third-order valence-corrected chi connectivity index (χ3v) is 3.13. The molecule has 18 heavy (non-hydrogen) atoms. The first-order valence-corrected chi connectivity index (χ1v) is 6.39. The zero-order valence-corrected chi connectivity index (χ0v) is 10.8. The summed E-state index contributed by atoms with van der Waals surface area (Å²) in [6.45, 7) is 1.96. The van der Waals surface area contributed by atoms with Gasteiger partial charge in [-0.25, -0.2) is 4.79 Å². The lowest BCUT2D eigenvalue weighted by Crippen LogP contribution is -2.23. The van der Waals surface area contributed by atoms with Gasteiger partial charge in [0.05, 0.1) is 6.61 Å². The van der Waals surface area contributed by atoms with Crippen LogP contribution >= 0.6 is 11.6 Å². The Bertz CT molecular complexity index is 388. The minimum absolute atomic E-state index is 0.412. The Morgan fingerprint density at radius 2 is 2.00 bits per heavy atom. The van der Waals surface area contributed by atoms with E-state index in [2.05, 4.69) is 5.32 Å². The molecule has 1 heterocycles. The number of carbonyl (C=O) groups is 1. The topological polar surface area (TPSA) is 47.6 Å². The summed E-state index contributed by atoms with van der Waals surface area (Å²) in [5.41, 5.74) is 0.677. The molecule has 1 aliphatic heterocycles. The predicted molar refractivity (Wildman–Crippen MR) is 70.0 cm³/mol. The van der Waals surface area contributed by atoms with E-state index in [9.17, 15) is 4.79 Å². The number of amides is 1. The van der Waals surface area contributed by atoms with Gasteiger partial charge in [0.15, 0.2) is 0 Å². The molecule has 0 aromatic heterocycles. The van der Waals surface area contributed by atoms with Crippen molar-refractivity contribution in [1.82, 2.24) is 0 Å². The summed E-state index contributed by atoms with van der Waals surface area (Å²) in [5, 5.41) is 3.29. The zero-order valence-electron chi connectivity index (χ0n) is 10.0. The summed E-state index contributed by atoms with van der Waals surface area (Å²) in [5.74, 6) is 0.412. The smallest absolute Gasteiger partial charge is 0.411 e. The first-order valence-electron chi connectivity index (χ1n) is 6.01. The van der Waals surface area contributed by atoms with Gasteiger partial charge in [-0.1, -0.05) is 11.6 Å². The average Bonchev–Trinajstić information content (AvgIpc) is 2.40. The number of carbonyl (C=O) groups excluding carboxylic acids is 1. The van der Waals surface area contributed by atoms with E-state index < -0.39 is 6.09 Å². The van der Waals surface area contributed by atoms with Gasteiger partial charge >= 0.3 is 6.09 Å². The molecule has 1 amide bonds. The second-order valence-corrected chi connectivity index (χ2v) is 4.72. The fraction of sp³-hybridized carbons (Fsp3) is 0.462. The van der Waals surface area contributed by atoms with Crippen LogP contribution in [0.2, 0.25) is 5.02 Å². The second kappa shape index (κ2) is 6.61. The van der Waals surface area contributed by atoms with Crippen LogP contribution in [0.3, 0.4) is 0 Å². The number of benzene rings is 1. The maximum absolute atomic E-state index is 11.5. The molecule has 0 unspecified atom stereocenters. The quantitative estimate of drug-likeness (QED) is 0.916. The maximum Gasteiger partial charge on any atom is 0.411 e. The molecule has 1 fully saturated rings. The molecule has 4 nitrogen and oxygen atoms in total. The van der Waals surface area contributed by atoms with Crippen LogP contribution in [0.5, 0.6) is 0 Å². The van der Waals surface area contributed by atoms with Gasteiger partial charge in [0, 0.05) is 23.9 Å². The van der Waals surface area contributed by atoms with Crippen molar-refractivity contribution in [1.29, 1.82) is 0 Å². The molecule has 0 spiro atoms. The van der Waals surface area contributed by atoms with Crippen molar-refractivity contribution in [3.05, 3.63) is 29.3 Å². The SMILES string of the molecule is O=C(Nc1ccc(Cl)cc1)OCC1CCOCC1. The number of hydrogen-bond acceptors (Lipinski definition) is 3. The van der Waals surface area contributed by atoms with Gasteiger partial charge in [-0.3, -0.25) is 5.32 Å². The van der Waals surface area contributed by atoms with Crippen LogP contribution in [-0.4, -0.2) is 25.9 Å². The monoisotopic (exact) mass is 269 g/mol. The van der Waals surface area contributed by atoms with Crippen LogP contribution in [0.4, 0.5) is 10.5 Å². The molecule has 0 bridgehead atoms. The molecule has 98 valence electrons. The van der Waals surface area contributed by atoms with Crippen molar-refractivity contribution in [2.24, 2.45) is 5.92 Å². The Morgan fingerprint density at radius 3 is 2.67 bits per heavy atom. The fourth-order valence-corrected chi connectivity index (χ4v) is 1.92. The van der Waals surface area contributed by atoms with Gasteiger partial charge in [-0.2, -0.15) is 0 Å². The number of rotatable bonds is 3. The normalized spacial score (nSPS) is 16.3. The lowest BCUT2D eigenvalue weighted by atomic mass is 10.0. The van der Waals surface area contributed by atoms with E-state index in [4.69, 9.17) is 21.1 Å². The van der Waals surface area contributed by atoms with Crippen LogP contribution in [0.15, 0.2) is 24.3 Å². The number of anilines is 1. The molecule has 0 radical (unpaired) electrons. The highest BCUT2D eigenvalue weighted by Crippen LogP contribution is 2.16. The van der Waals surface area contributed by atoms with E-state index in [1.165, 1.54) is 0 Å². The van der Waals surface area contributed by atoms with Gasteiger partial charge in [0.25, 0.3) is 0 Å². The van der Waals surface area contributed by atoms with Gasteiger partial charge in [0.2, 0.25) is 0 Å². The summed E-state index contributed by atoms with van der Waals surface area (Å²) < 4.78 is 10.4. The van der Waals surface area contributed by atoms with Gasteiger partial charge in [0.1, 0.15) is 0 Å². The van der Waals surface area contributed by atoms with Crippen LogP contribution < -0.4 is 5.32 Å². The standard InChI is InChI=1S/C13H16ClNO3/c14-11-1-3-12(4-2-11)15-13(16)18-9-10-5-7-17-8-6-10/h1-4,10H,5-9H2,(H,15,16). The maximum atomic E-state index is 11.5. The largest absolute Gasteiger partial charge is 0.449 e. The molecule has 1 saturated heterocycles. The lowest BCUT2D eigenvalue weighted by molar-refractivity contribution is 0.0405. The Morgan fingerprint density at radius 1 is 1.33 bits per heavy atom. The summed E-state index contributed by atoms with van der Waals surface area (Å²) in [6.07, 6.45) is 1.48. The van der Waals surface area contributed by atoms with Crippen molar-refractivity contribution in [3.63, 3.8) is 0 Å². The van der Waals surface area contributed by atoms with Crippen LogP contribution in [0.25, 0.3) is 0 Å². The van der Waals surface area contributed by atoms with Crippen molar-refractivity contribution in [2.75, 3.05) is 25.1 Å². The molecule has 2 rings (SSSR count). The Balaban J connectivity index is 1.73. The van der Waals surface area contributed by atoms with Crippen molar-refractivity contribution in [2.45, 2.75) is 12.8 Å². The zero-order chi connectivity index (χ0) is 12.8. The van der Waals surface area contributed by atoms with E-state index in [1.807, 2.05) is 0 Å². The second-order valence-electron chi connectivity index (χ2n) is 4.29. The molecule has 1 aromatic carbocycles. The highest BCUT2D eigenvalue weighted by atomic mass is 35.5. The molecular formula is C13H16ClNO3. The van der Waals surface area contributed by atoms with Crippen molar-refractivity contribution >= 4 is 23.4 Å². The number of ether oxygens (including phenoxy) is 2. The average molecular weight is 270 g/mol. The van der Waals surface area contributed by atoms with E-state index >= 15 is 0 Å². The minimum atomic E-state index is -0.427. The molecule has 1 N–H and O–H groups in total. The van der Waals surface area contributed by atoms with Crippen LogP contribution in [0.1, 0.15) is 12.8 Å². The Hall–Kier alpha value is -1.26. The van der Waals surface area contributed by atoms with E-state index in [-0.39, 0.29) is 0 Å². The molecule has 1 aliphatic rings. The number of nitrogens with one attached hydrogen (secondary N) is 1. The molecule has 5 heteroatoms. The van der Waals surface area contributed by atoms with Crippen LogP contribution in [0, 0.1) is 5.92 Å². The molecule has 1 aromatic rings. The highest BCUT2D eigenvalue weighted by Gasteiger charge is 2.15. The first kappa shape index (κ1) is 13.2. The number of halogens is 1. The summed E-state index contributed by atoms with van der Waals surface area (Å²) >= 11 is 5.76. The third-order valence-electron chi connectivity index (χ3n) is 2.88. The lowest BCUT2D eigenvalue weighted by Gasteiger charge is -2.21. The number of hydrogen-bond donors (Lipinski definition) is 1. The van der Waals surface area contributed by atoms with Gasteiger partial charge < -0.3 is 9.47 Å². The predicted octanol–water partition coefficient (Wildman–Crippen LogP) is 3.32. The third kappa shape index (κ3) is 4.20. The fourth-order valence-electron chi connectivity index (χ4n) is 1.79. The summed E-state index contributed by atoms with van der Waals surface area (Å²) in [4.78, 5) is 11.5. The summed E-state index contributed by atoms with van der Waals surface area (Å²) in [7, 11) is 0. The minimum Gasteiger partial charge on any atom is -0.449 e. The molecular weight excluding hydrogens is 254 g/mol. The van der Waals surface area contributed by atoms with E-state index in [0.717, 1.165) is 26.1 Å². The van der Waals surface area contributed by atoms with Crippen LogP contribution in [-0.2, 0) is 9.47 Å². The first-order chi connectivity index (χ1) is 8.74. The van der Waals surface area contributed by atoms with E-state index in [0.29, 0.717) is 23.2 Å². The van der Waals surface area contributed by atoms with Gasteiger partial charge in [-0.15, -0.1) is 0 Å². The highest BCUT2D eigenvalue weighted by molar-refractivity contribution is 6.30. The van der Waals surface area contributed by atoms with Crippen molar-refractivity contribution < 1.29 is 14.3 Å². The van der Waals surface area contributed by atoms with Gasteiger partial charge in [-0.05, 0) is 43.0 Å². The molecule has 0 atom stereocenters. The Kier molecular flexibility index (Phi) is 4.84. The molecule has 0 aliphatic carbocycles.